The molecule has 0 radical (unpaired) electrons. The molecule has 0 aliphatic heterocycles. The molecular formula is C13H12FN3O2. The molecule has 2 rings (SSSR count). The zero-order chi connectivity index (χ0) is 13.8. The third kappa shape index (κ3) is 3.11. The number of carboxylic acid groups (broad SMARTS) is 1. The van der Waals surface area contributed by atoms with Crippen LogP contribution in [0.1, 0.15) is 18.3 Å². The molecule has 1 aromatic carbocycles. The van der Waals surface area contributed by atoms with Crippen molar-refractivity contribution < 1.29 is 14.3 Å². The maximum absolute atomic E-state index is 13.6. The maximum atomic E-state index is 13.6. The SMILES string of the molecule is NC(CC(=O)O)c1nccc(-c2ccccc2F)n1. The van der Waals surface area contributed by atoms with Crippen molar-refractivity contribution in [3.8, 4) is 11.3 Å². The molecule has 0 spiro atoms. The van der Waals surface area contributed by atoms with E-state index in [1.54, 1.807) is 24.3 Å². The Bertz CT molecular complexity index is 604. The fourth-order valence-electron chi connectivity index (χ4n) is 1.65. The van der Waals surface area contributed by atoms with Crippen molar-refractivity contribution in [1.82, 2.24) is 9.97 Å². The molecule has 0 aliphatic rings. The Labute approximate surface area is 108 Å². The van der Waals surface area contributed by atoms with E-state index in [2.05, 4.69) is 9.97 Å². The van der Waals surface area contributed by atoms with Gasteiger partial charge in [-0.25, -0.2) is 14.4 Å². The van der Waals surface area contributed by atoms with Gasteiger partial charge in [0.1, 0.15) is 11.6 Å². The number of benzene rings is 1. The van der Waals surface area contributed by atoms with Gasteiger partial charge in [0.2, 0.25) is 0 Å². The standard InChI is InChI=1S/C13H12FN3O2/c14-9-4-2-1-3-8(9)11-5-6-16-13(17-11)10(15)7-12(18)19/h1-6,10H,7,15H2,(H,18,19). The summed E-state index contributed by atoms with van der Waals surface area (Å²) in [5, 5.41) is 8.68. The monoisotopic (exact) mass is 261 g/mol. The first-order valence-corrected chi connectivity index (χ1v) is 5.63. The van der Waals surface area contributed by atoms with Gasteiger partial charge in [-0.2, -0.15) is 0 Å². The fourth-order valence-corrected chi connectivity index (χ4v) is 1.65. The normalized spacial score (nSPS) is 12.1. The van der Waals surface area contributed by atoms with Crippen LogP contribution in [-0.4, -0.2) is 21.0 Å². The summed E-state index contributed by atoms with van der Waals surface area (Å²) < 4.78 is 13.6. The van der Waals surface area contributed by atoms with Crippen molar-refractivity contribution in [2.24, 2.45) is 5.73 Å². The minimum atomic E-state index is -1.03. The lowest BCUT2D eigenvalue weighted by Crippen LogP contribution is -2.18. The van der Waals surface area contributed by atoms with Gasteiger partial charge >= 0.3 is 5.97 Å². The Kier molecular flexibility index (Phi) is 3.82. The first-order valence-electron chi connectivity index (χ1n) is 5.63. The highest BCUT2D eigenvalue weighted by atomic mass is 19.1. The van der Waals surface area contributed by atoms with Crippen molar-refractivity contribution >= 4 is 5.97 Å². The molecule has 98 valence electrons. The summed E-state index contributed by atoms with van der Waals surface area (Å²) in [5.41, 5.74) is 6.39. The number of carboxylic acids is 1. The second-order valence-corrected chi connectivity index (χ2v) is 3.98. The minimum absolute atomic E-state index is 0.183. The Balaban J connectivity index is 2.34. The van der Waals surface area contributed by atoms with Gasteiger partial charge in [-0.1, -0.05) is 12.1 Å². The Morgan fingerprint density at radius 3 is 2.79 bits per heavy atom. The Morgan fingerprint density at radius 2 is 2.11 bits per heavy atom. The van der Waals surface area contributed by atoms with E-state index in [9.17, 15) is 9.18 Å². The first kappa shape index (κ1) is 13.1. The summed E-state index contributed by atoms with van der Waals surface area (Å²) in [7, 11) is 0. The van der Waals surface area contributed by atoms with E-state index >= 15 is 0 Å². The molecule has 0 saturated heterocycles. The van der Waals surface area contributed by atoms with Gasteiger partial charge < -0.3 is 10.8 Å². The summed E-state index contributed by atoms with van der Waals surface area (Å²) in [6, 6.07) is 6.92. The van der Waals surface area contributed by atoms with E-state index in [-0.39, 0.29) is 12.2 Å². The van der Waals surface area contributed by atoms with Gasteiger partial charge in [0.15, 0.2) is 0 Å². The quantitative estimate of drug-likeness (QED) is 0.875. The topological polar surface area (TPSA) is 89.1 Å². The zero-order valence-corrected chi connectivity index (χ0v) is 9.95. The van der Waals surface area contributed by atoms with Crippen LogP contribution in [0.5, 0.6) is 0 Å². The maximum Gasteiger partial charge on any atom is 0.305 e. The van der Waals surface area contributed by atoms with Crippen LogP contribution in [-0.2, 0) is 4.79 Å². The van der Waals surface area contributed by atoms with Gasteiger partial charge in [0.05, 0.1) is 18.2 Å². The van der Waals surface area contributed by atoms with Crippen molar-refractivity contribution in [2.75, 3.05) is 0 Å². The first-order chi connectivity index (χ1) is 9.08. The number of carbonyl (C=O) groups is 1. The number of hydrogen-bond donors (Lipinski definition) is 2. The van der Waals surface area contributed by atoms with E-state index in [1.807, 2.05) is 0 Å². The highest BCUT2D eigenvalue weighted by molar-refractivity contribution is 5.67. The molecule has 0 aliphatic carbocycles. The summed E-state index contributed by atoms with van der Waals surface area (Å²) in [6.45, 7) is 0. The molecule has 0 bridgehead atoms. The number of rotatable bonds is 4. The summed E-state index contributed by atoms with van der Waals surface area (Å²) in [5.74, 6) is -1.26. The predicted molar refractivity (Wildman–Crippen MR) is 66.6 cm³/mol. The number of aromatic nitrogens is 2. The van der Waals surface area contributed by atoms with Crippen LogP contribution in [0.4, 0.5) is 4.39 Å². The molecule has 1 heterocycles. The van der Waals surface area contributed by atoms with Crippen LogP contribution in [0.3, 0.4) is 0 Å². The molecule has 2 aromatic rings. The lowest BCUT2D eigenvalue weighted by Gasteiger charge is -2.09. The molecule has 6 heteroatoms. The van der Waals surface area contributed by atoms with Crippen LogP contribution in [0.25, 0.3) is 11.3 Å². The van der Waals surface area contributed by atoms with Gasteiger partial charge in [0, 0.05) is 11.8 Å². The van der Waals surface area contributed by atoms with Crippen LogP contribution >= 0.6 is 0 Å². The van der Waals surface area contributed by atoms with Crippen LogP contribution in [0, 0.1) is 5.82 Å². The molecule has 1 unspecified atom stereocenters. The van der Waals surface area contributed by atoms with Crippen LogP contribution in [0.15, 0.2) is 36.5 Å². The van der Waals surface area contributed by atoms with Gasteiger partial charge in [-0.05, 0) is 18.2 Å². The average Bonchev–Trinajstić information content (AvgIpc) is 2.38. The zero-order valence-electron chi connectivity index (χ0n) is 9.95. The highest BCUT2D eigenvalue weighted by Gasteiger charge is 2.15. The number of halogens is 1. The van der Waals surface area contributed by atoms with Crippen molar-refractivity contribution in [1.29, 1.82) is 0 Å². The molecule has 5 nitrogen and oxygen atoms in total. The molecule has 0 saturated carbocycles. The number of nitrogens with zero attached hydrogens (tertiary/aromatic N) is 2. The Hall–Kier alpha value is -2.34. The Morgan fingerprint density at radius 1 is 1.37 bits per heavy atom. The van der Waals surface area contributed by atoms with Crippen molar-refractivity contribution in [3.05, 3.63) is 48.2 Å². The molecule has 1 aromatic heterocycles. The van der Waals surface area contributed by atoms with Gasteiger partial charge in [-0.15, -0.1) is 0 Å². The highest BCUT2D eigenvalue weighted by Crippen LogP contribution is 2.21. The molecule has 1 atom stereocenters. The van der Waals surface area contributed by atoms with E-state index in [1.165, 1.54) is 12.3 Å². The second kappa shape index (κ2) is 5.53. The van der Waals surface area contributed by atoms with Gasteiger partial charge in [0.25, 0.3) is 0 Å². The summed E-state index contributed by atoms with van der Waals surface area (Å²) in [4.78, 5) is 18.6. The molecular weight excluding hydrogens is 249 g/mol. The van der Waals surface area contributed by atoms with Gasteiger partial charge in [-0.3, -0.25) is 4.79 Å². The number of nitrogens with two attached hydrogens (primary N) is 1. The lowest BCUT2D eigenvalue weighted by atomic mass is 10.1. The molecule has 3 N–H and O–H groups in total. The predicted octanol–water partition coefficient (Wildman–Crippen LogP) is 1.76. The van der Waals surface area contributed by atoms with E-state index in [0.29, 0.717) is 11.3 Å². The molecule has 0 amide bonds. The third-order valence-corrected chi connectivity index (χ3v) is 2.55. The number of aliphatic carboxylic acids is 1. The van der Waals surface area contributed by atoms with E-state index in [4.69, 9.17) is 10.8 Å². The minimum Gasteiger partial charge on any atom is -0.481 e. The van der Waals surface area contributed by atoms with Crippen LogP contribution in [0.2, 0.25) is 0 Å². The van der Waals surface area contributed by atoms with Crippen LogP contribution < -0.4 is 5.73 Å². The lowest BCUT2D eigenvalue weighted by molar-refractivity contribution is -0.137. The smallest absolute Gasteiger partial charge is 0.305 e. The molecule has 0 fully saturated rings. The third-order valence-electron chi connectivity index (χ3n) is 2.55. The number of hydrogen-bond acceptors (Lipinski definition) is 4. The second-order valence-electron chi connectivity index (χ2n) is 3.98. The summed E-state index contributed by atoms with van der Waals surface area (Å²) in [6.07, 6.45) is 1.16. The fraction of sp³-hybridized carbons (Fsp3) is 0.154. The van der Waals surface area contributed by atoms with E-state index < -0.39 is 17.8 Å². The largest absolute Gasteiger partial charge is 0.481 e. The van der Waals surface area contributed by atoms with Crippen molar-refractivity contribution in [3.63, 3.8) is 0 Å². The summed E-state index contributed by atoms with van der Waals surface area (Å²) >= 11 is 0. The van der Waals surface area contributed by atoms with Crippen molar-refractivity contribution in [2.45, 2.75) is 12.5 Å². The van der Waals surface area contributed by atoms with E-state index in [0.717, 1.165) is 0 Å². The average molecular weight is 261 g/mol. The molecule has 19 heavy (non-hydrogen) atoms.